The number of rotatable bonds is 2. The van der Waals surface area contributed by atoms with Gasteiger partial charge in [-0.2, -0.15) is 0 Å². The Hall–Kier alpha value is -1.37. The molecule has 0 radical (unpaired) electrons. The second-order valence-corrected chi connectivity index (χ2v) is 8.67. The molecule has 0 N–H and O–H groups in total. The molecule has 5 atom stereocenters. The fourth-order valence-electron chi connectivity index (χ4n) is 4.38. The molecule has 1 saturated carbocycles. The number of fused-ring (bicyclic) bond motifs is 5. The Morgan fingerprint density at radius 2 is 1.87 bits per heavy atom. The van der Waals surface area contributed by atoms with Crippen molar-refractivity contribution < 1.29 is 14.3 Å². The molecule has 2 saturated heterocycles. The third-order valence-corrected chi connectivity index (χ3v) is 7.36. The van der Waals surface area contributed by atoms with Crippen molar-refractivity contribution in [2.75, 3.05) is 0 Å². The van der Waals surface area contributed by atoms with Crippen molar-refractivity contribution in [1.29, 1.82) is 0 Å². The Labute approximate surface area is 141 Å². The number of carbonyl (C=O) groups is 2. The molecule has 2 aromatic heterocycles. The van der Waals surface area contributed by atoms with Gasteiger partial charge >= 0.3 is 0 Å². The molecule has 0 spiro atoms. The number of hydrogen-bond donors (Lipinski definition) is 0. The standard InChI is InChI=1S/C17H15NO3S2/c1-7-14(18-17(23-7)10-3-2-6-22-10)13-15(19)11-8-4-5-9(21-8)12(11)16(13)20/h2-3,6,8-9,11-13H,4-5H2,1H3/t8?,9?,11-,12+,13?. The second-order valence-electron chi connectivity index (χ2n) is 6.52. The molecule has 23 heavy (non-hydrogen) atoms. The molecular formula is C17H15NO3S2. The highest BCUT2D eigenvalue weighted by molar-refractivity contribution is 7.21. The zero-order valence-corrected chi connectivity index (χ0v) is 14.2. The van der Waals surface area contributed by atoms with Gasteiger partial charge < -0.3 is 4.74 Å². The highest BCUT2D eigenvalue weighted by atomic mass is 32.1. The van der Waals surface area contributed by atoms with Gasteiger partial charge in [0.05, 0.1) is 34.6 Å². The fourth-order valence-corrected chi connectivity index (χ4v) is 6.12. The Balaban J connectivity index is 1.55. The van der Waals surface area contributed by atoms with E-state index in [1.165, 1.54) is 0 Å². The molecule has 5 rings (SSSR count). The van der Waals surface area contributed by atoms with Crippen molar-refractivity contribution in [3.63, 3.8) is 0 Å². The van der Waals surface area contributed by atoms with Crippen LogP contribution in [0.4, 0.5) is 0 Å². The predicted octanol–water partition coefficient (Wildman–Crippen LogP) is 3.21. The van der Waals surface area contributed by atoms with E-state index in [9.17, 15) is 9.59 Å². The number of carbonyl (C=O) groups excluding carboxylic acids is 2. The summed E-state index contributed by atoms with van der Waals surface area (Å²) in [5.41, 5.74) is 0.683. The first-order valence-electron chi connectivity index (χ1n) is 7.89. The Kier molecular flexibility index (Phi) is 2.93. The Morgan fingerprint density at radius 1 is 1.17 bits per heavy atom. The van der Waals surface area contributed by atoms with Crippen LogP contribution in [0.25, 0.3) is 9.88 Å². The second kappa shape index (κ2) is 4.82. The van der Waals surface area contributed by atoms with Crippen LogP contribution in [0.2, 0.25) is 0 Å². The Morgan fingerprint density at radius 3 is 2.48 bits per heavy atom. The first kappa shape index (κ1) is 14.0. The third-order valence-electron chi connectivity index (χ3n) is 5.34. The van der Waals surface area contributed by atoms with Gasteiger partial charge in [-0.05, 0) is 31.2 Å². The monoisotopic (exact) mass is 345 g/mol. The number of hydrogen-bond acceptors (Lipinski definition) is 6. The summed E-state index contributed by atoms with van der Waals surface area (Å²) in [6.07, 6.45) is 1.74. The normalized spacial score (nSPS) is 35.3. The van der Waals surface area contributed by atoms with Crippen LogP contribution < -0.4 is 0 Å². The van der Waals surface area contributed by atoms with Gasteiger partial charge in [0.1, 0.15) is 10.9 Å². The first-order valence-corrected chi connectivity index (χ1v) is 9.59. The van der Waals surface area contributed by atoms with Crippen molar-refractivity contribution in [2.45, 2.75) is 37.9 Å². The molecule has 4 heterocycles. The van der Waals surface area contributed by atoms with Crippen molar-refractivity contribution in [1.82, 2.24) is 4.98 Å². The lowest BCUT2D eigenvalue weighted by Gasteiger charge is -2.16. The number of thiazole rings is 1. The van der Waals surface area contributed by atoms with Crippen molar-refractivity contribution in [3.05, 3.63) is 28.1 Å². The fraction of sp³-hybridized carbons (Fsp3) is 0.471. The summed E-state index contributed by atoms with van der Waals surface area (Å²) in [5, 5.41) is 2.92. The lowest BCUT2D eigenvalue weighted by atomic mass is 9.81. The van der Waals surface area contributed by atoms with Gasteiger partial charge in [-0.3, -0.25) is 9.59 Å². The SMILES string of the molecule is Cc1sc(-c2cccs2)nc1C1C(=O)[C@@H]2C3CCC(O3)[C@@H]2C1=O. The topological polar surface area (TPSA) is 56.3 Å². The maximum absolute atomic E-state index is 12.9. The van der Waals surface area contributed by atoms with Gasteiger partial charge in [0.2, 0.25) is 0 Å². The molecule has 1 aliphatic carbocycles. The minimum atomic E-state index is -0.665. The molecule has 2 bridgehead atoms. The molecule has 2 aromatic rings. The lowest BCUT2D eigenvalue weighted by Crippen LogP contribution is -2.29. The number of aromatic nitrogens is 1. The van der Waals surface area contributed by atoms with Crippen LogP contribution in [0.3, 0.4) is 0 Å². The summed E-state index contributed by atoms with van der Waals surface area (Å²) in [4.78, 5) is 32.6. The molecule has 3 aliphatic rings. The van der Waals surface area contributed by atoms with E-state index in [1.807, 2.05) is 24.4 Å². The summed E-state index contributed by atoms with van der Waals surface area (Å²) in [6, 6.07) is 4.01. The summed E-state index contributed by atoms with van der Waals surface area (Å²) in [5.74, 6) is -1.03. The molecule has 3 unspecified atom stereocenters. The highest BCUT2D eigenvalue weighted by Crippen LogP contribution is 2.52. The van der Waals surface area contributed by atoms with Crippen LogP contribution in [0.1, 0.15) is 29.3 Å². The smallest absolute Gasteiger partial charge is 0.155 e. The molecule has 2 aliphatic heterocycles. The minimum Gasteiger partial charge on any atom is -0.373 e. The molecule has 0 amide bonds. The predicted molar refractivity (Wildman–Crippen MR) is 87.8 cm³/mol. The third kappa shape index (κ3) is 1.83. The van der Waals surface area contributed by atoms with Gasteiger partial charge in [-0.15, -0.1) is 22.7 Å². The molecule has 118 valence electrons. The van der Waals surface area contributed by atoms with Crippen molar-refractivity contribution >= 4 is 34.2 Å². The van der Waals surface area contributed by atoms with Crippen LogP contribution in [0.15, 0.2) is 17.5 Å². The van der Waals surface area contributed by atoms with E-state index in [2.05, 4.69) is 4.98 Å². The molecular weight excluding hydrogens is 330 g/mol. The van der Waals surface area contributed by atoms with Crippen LogP contribution in [-0.4, -0.2) is 28.8 Å². The summed E-state index contributed by atoms with van der Waals surface area (Å²) < 4.78 is 5.80. The van der Waals surface area contributed by atoms with Gasteiger partial charge in [-0.25, -0.2) is 4.98 Å². The quantitative estimate of drug-likeness (QED) is 0.784. The van der Waals surface area contributed by atoms with Crippen molar-refractivity contribution in [2.24, 2.45) is 11.8 Å². The lowest BCUT2D eigenvalue weighted by molar-refractivity contribution is -0.127. The van der Waals surface area contributed by atoms with Crippen LogP contribution in [-0.2, 0) is 14.3 Å². The molecule has 4 nitrogen and oxygen atoms in total. The van der Waals surface area contributed by atoms with E-state index in [1.54, 1.807) is 22.7 Å². The number of aryl methyl sites for hydroxylation is 1. The minimum absolute atomic E-state index is 0.0397. The van der Waals surface area contributed by atoms with E-state index in [0.717, 1.165) is 27.6 Å². The van der Waals surface area contributed by atoms with Gasteiger partial charge in [0.25, 0.3) is 0 Å². The number of ketones is 2. The molecule has 0 aromatic carbocycles. The average Bonchev–Trinajstić information content (AvgIpc) is 3.30. The number of nitrogens with zero attached hydrogens (tertiary/aromatic N) is 1. The number of thiophene rings is 1. The molecule has 6 heteroatoms. The maximum atomic E-state index is 12.9. The summed E-state index contributed by atoms with van der Waals surface area (Å²) in [7, 11) is 0. The average molecular weight is 345 g/mol. The van der Waals surface area contributed by atoms with E-state index >= 15 is 0 Å². The van der Waals surface area contributed by atoms with E-state index in [-0.39, 0.29) is 35.6 Å². The summed E-state index contributed by atoms with van der Waals surface area (Å²) in [6.45, 7) is 1.96. The van der Waals surface area contributed by atoms with Gasteiger partial charge in [0.15, 0.2) is 11.6 Å². The van der Waals surface area contributed by atoms with E-state index in [4.69, 9.17) is 4.74 Å². The van der Waals surface area contributed by atoms with Crippen LogP contribution in [0, 0.1) is 18.8 Å². The number of Topliss-reactive ketones (excluding diaryl/α,β-unsaturated/α-hetero) is 2. The van der Waals surface area contributed by atoms with Gasteiger partial charge in [-0.1, -0.05) is 6.07 Å². The Bertz CT molecular complexity index is 782. The largest absolute Gasteiger partial charge is 0.373 e. The highest BCUT2D eigenvalue weighted by Gasteiger charge is 2.63. The zero-order valence-electron chi connectivity index (χ0n) is 12.5. The van der Waals surface area contributed by atoms with Crippen LogP contribution >= 0.6 is 22.7 Å². The van der Waals surface area contributed by atoms with Crippen molar-refractivity contribution in [3.8, 4) is 9.88 Å². The van der Waals surface area contributed by atoms with E-state index in [0.29, 0.717) is 5.69 Å². The van der Waals surface area contributed by atoms with Gasteiger partial charge in [0, 0.05) is 4.88 Å². The zero-order chi connectivity index (χ0) is 15.7. The first-order chi connectivity index (χ1) is 11.1. The van der Waals surface area contributed by atoms with E-state index < -0.39 is 5.92 Å². The summed E-state index contributed by atoms with van der Waals surface area (Å²) >= 11 is 3.20. The maximum Gasteiger partial charge on any atom is 0.155 e. The van der Waals surface area contributed by atoms with Crippen LogP contribution in [0.5, 0.6) is 0 Å². The number of ether oxygens (including phenoxy) is 1. The molecule has 3 fully saturated rings.